The van der Waals surface area contributed by atoms with Crippen LogP contribution in [0.4, 0.5) is 0 Å². The second kappa shape index (κ2) is 20.0. The van der Waals surface area contributed by atoms with Crippen LogP contribution in [0.15, 0.2) is 24.8 Å². The fourth-order valence-corrected chi connectivity index (χ4v) is 2.92. The third kappa shape index (κ3) is 20.9. The van der Waals surface area contributed by atoms with Crippen LogP contribution < -0.4 is 0 Å². The molecule has 0 saturated heterocycles. The number of hydrogen-bond acceptors (Lipinski definition) is 1. The van der Waals surface area contributed by atoms with Crippen molar-refractivity contribution in [3.63, 3.8) is 0 Å². The molecule has 24 heavy (non-hydrogen) atoms. The summed E-state index contributed by atoms with van der Waals surface area (Å²) in [6, 6.07) is 0. The molecule has 0 aliphatic rings. The molecule has 0 heterocycles. The molecule has 0 rings (SSSR count). The summed E-state index contributed by atoms with van der Waals surface area (Å²) in [6.07, 6.45) is 27.2. The van der Waals surface area contributed by atoms with Gasteiger partial charge in [-0.25, -0.2) is 0 Å². The summed E-state index contributed by atoms with van der Waals surface area (Å²) < 4.78 is 0. The fraction of sp³-hybridized carbons (Fsp3) is 0.773. The van der Waals surface area contributed by atoms with Gasteiger partial charge in [-0.2, -0.15) is 0 Å². The van der Waals surface area contributed by atoms with Gasteiger partial charge in [0.15, 0.2) is 0 Å². The van der Waals surface area contributed by atoms with Gasteiger partial charge in [-0.15, -0.1) is 6.58 Å². The Morgan fingerprint density at radius 1 is 0.625 bits per heavy atom. The van der Waals surface area contributed by atoms with Crippen LogP contribution in [0, 0.1) is 0 Å². The molecule has 0 aromatic rings. The van der Waals surface area contributed by atoms with Gasteiger partial charge in [0.2, 0.25) is 0 Å². The lowest BCUT2D eigenvalue weighted by Gasteiger charge is -2.01. The number of hydrogen-bond donors (Lipinski definition) is 1. The highest BCUT2D eigenvalue weighted by molar-refractivity contribution is 5.66. The molecule has 0 unspecified atom stereocenters. The predicted molar refractivity (Wildman–Crippen MR) is 105 cm³/mol. The highest BCUT2D eigenvalue weighted by Gasteiger charge is 1.96. The van der Waals surface area contributed by atoms with Crippen molar-refractivity contribution >= 4 is 5.97 Å². The van der Waals surface area contributed by atoms with Crippen LogP contribution in [0.3, 0.4) is 0 Å². The summed E-state index contributed by atoms with van der Waals surface area (Å²) in [7, 11) is 0. The molecular formula is C22H40O2. The average Bonchev–Trinajstić information content (AvgIpc) is 2.56. The van der Waals surface area contributed by atoms with E-state index in [1.165, 1.54) is 89.9 Å². The minimum Gasteiger partial charge on any atom is -0.481 e. The lowest BCUT2D eigenvalue weighted by molar-refractivity contribution is -0.137. The van der Waals surface area contributed by atoms with Gasteiger partial charge in [0.05, 0.1) is 0 Å². The number of carbonyl (C=O) groups is 1. The molecule has 0 aliphatic carbocycles. The molecule has 0 aliphatic heterocycles. The summed E-state index contributed by atoms with van der Waals surface area (Å²) >= 11 is 0. The van der Waals surface area contributed by atoms with Crippen molar-refractivity contribution in [3.8, 4) is 0 Å². The number of allylic oxidation sites excluding steroid dienone is 3. The van der Waals surface area contributed by atoms with Crippen molar-refractivity contribution in [2.24, 2.45) is 0 Å². The number of unbranched alkanes of at least 4 members (excludes halogenated alkanes) is 14. The SMILES string of the molecule is C=CCCCCCC/C=C\CCCCCCCCCCCC(=O)O. The van der Waals surface area contributed by atoms with Crippen molar-refractivity contribution < 1.29 is 9.90 Å². The number of carboxylic acids is 1. The number of rotatable bonds is 19. The quantitative estimate of drug-likeness (QED) is 0.196. The van der Waals surface area contributed by atoms with Crippen molar-refractivity contribution in [1.29, 1.82) is 0 Å². The Kier molecular flexibility index (Phi) is 19.1. The van der Waals surface area contributed by atoms with Crippen LogP contribution in [0.1, 0.15) is 109 Å². The molecule has 0 atom stereocenters. The molecule has 0 spiro atoms. The van der Waals surface area contributed by atoms with Crippen LogP contribution in [-0.2, 0) is 4.79 Å². The maximum atomic E-state index is 10.4. The first-order chi connectivity index (χ1) is 11.8. The molecule has 0 radical (unpaired) electrons. The van der Waals surface area contributed by atoms with Gasteiger partial charge in [0.25, 0.3) is 0 Å². The van der Waals surface area contributed by atoms with E-state index >= 15 is 0 Å². The van der Waals surface area contributed by atoms with E-state index in [4.69, 9.17) is 5.11 Å². The molecule has 1 N–H and O–H groups in total. The molecule has 0 bridgehead atoms. The summed E-state index contributed by atoms with van der Waals surface area (Å²) in [6.45, 7) is 3.75. The fourth-order valence-electron chi connectivity index (χ4n) is 2.92. The molecule has 2 heteroatoms. The summed E-state index contributed by atoms with van der Waals surface area (Å²) in [5.74, 6) is -0.660. The van der Waals surface area contributed by atoms with E-state index in [0.717, 1.165) is 12.8 Å². The minimum absolute atomic E-state index is 0.336. The maximum Gasteiger partial charge on any atom is 0.303 e. The van der Waals surface area contributed by atoms with Crippen LogP contribution >= 0.6 is 0 Å². The zero-order valence-corrected chi connectivity index (χ0v) is 15.8. The van der Waals surface area contributed by atoms with Gasteiger partial charge in [-0.1, -0.05) is 76.0 Å². The van der Waals surface area contributed by atoms with E-state index < -0.39 is 5.97 Å². The zero-order valence-electron chi connectivity index (χ0n) is 15.8. The summed E-state index contributed by atoms with van der Waals surface area (Å²) in [5, 5.41) is 8.55. The van der Waals surface area contributed by atoms with Gasteiger partial charge >= 0.3 is 5.97 Å². The van der Waals surface area contributed by atoms with Gasteiger partial charge in [-0.05, 0) is 44.9 Å². The highest BCUT2D eigenvalue weighted by Crippen LogP contribution is 2.12. The minimum atomic E-state index is -0.660. The number of aliphatic carboxylic acids is 1. The molecule has 0 fully saturated rings. The topological polar surface area (TPSA) is 37.3 Å². The Hall–Kier alpha value is -1.05. The lowest BCUT2D eigenvalue weighted by Crippen LogP contribution is -1.93. The summed E-state index contributed by atoms with van der Waals surface area (Å²) in [5.41, 5.74) is 0. The van der Waals surface area contributed by atoms with Crippen LogP contribution in [-0.4, -0.2) is 11.1 Å². The Bertz CT molecular complexity index is 307. The monoisotopic (exact) mass is 336 g/mol. The molecule has 0 saturated carbocycles. The zero-order chi connectivity index (χ0) is 17.7. The van der Waals surface area contributed by atoms with E-state index in [1.807, 2.05) is 6.08 Å². The van der Waals surface area contributed by atoms with Gasteiger partial charge in [-0.3, -0.25) is 4.79 Å². The normalized spacial score (nSPS) is 11.2. The Morgan fingerprint density at radius 3 is 1.42 bits per heavy atom. The lowest BCUT2D eigenvalue weighted by atomic mass is 10.1. The van der Waals surface area contributed by atoms with E-state index in [1.54, 1.807) is 0 Å². The Balaban J connectivity index is 3.07. The molecule has 0 aromatic carbocycles. The van der Waals surface area contributed by atoms with E-state index in [9.17, 15) is 4.79 Å². The van der Waals surface area contributed by atoms with Crippen molar-refractivity contribution in [1.82, 2.24) is 0 Å². The van der Waals surface area contributed by atoms with Crippen LogP contribution in [0.25, 0.3) is 0 Å². The largest absolute Gasteiger partial charge is 0.481 e. The van der Waals surface area contributed by atoms with Crippen molar-refractivity contribution in [2.45, 2.75) is 109 Å². The van der Waals surface area contributed by atoms with E-state index in [0.29, 0.717) is 6.42 Å². The first-order valence-corrected chi connectivity index (χ1v) is 10.2. The first kappa shape index (κ1) is 22.9. The predicted octanol–water partition coefficient (Wildman–Crippen LogP) is 7.44. The molecular weight excluding hydrogens is 296 g/mol. The molecule has 0 amide bonds. The number of carboxylic acid groups (broad SMARTS) is 1. The molecule has 2 nitrogen and oxygen atoms in total. The van der Waals surface area contributed by atoms with E-state index in [-0.39, 0.29) is 0 Å². The van der Waals surface area contributed by atoms with Crippen LogP contribution in [0.5, 0.6) is 0 Å². The maximum absolute atomic E-state index is 10.4. The van der Waals surface area contributed by atoms with Gasteiger partial charge in [0.1, 0.15) is 0 Å². The molecule has 0 aromatic heterocycles. The Morgan fingerprint density at radius 2 is 1.00 bits per heavy atom. The second-order valence-corrected chi connectivity index (χ2v) is 6.87. The van der Waals surface area contributed by atoms with E-state index in [2.05, 4.69) is 18.7 Å². The van der Waals surface area contributed by atoms with Gasteiger partial charge in [0, 0.05) is 6.42 Å². The average molecular weight is 337 g/mol. The first-order valence-electron chi connectivity index (χ1n) is 10.2. The van der Waals surface area contributed by atoms with Crippen molar-refractivity contribution in [2.75, 3.05) is 0 Å². The molecule has 140 valence electrons. The third-order valence-electron chi connectivity index (χ3n) is 4.46. The van der Waals surface area contributed by atoms with Gasteiger partial charge < -0.3 is 5.11 Å². The second-order valence-electron chi connectivity index (χ2n) is 6.87. The van der Waals surface area contributed by atoms with Crippen molar-refractivity contribution in [3.05, 3.63) is 24.8 Å². The summed E-state index contributed by atoms with van der Waals surface area (Å²) in [4.78, 5) is 10.4. The smallest absolute Gasteiger partial charge is 0.303 e. The standard InChI is InChI=1S/C22H40O2/c1-2-3-4-5-6-7-8-9-10-11-12-13-14-15-16-17-18-19-20-21-22(23)24/h2,9-10H,1,3-8,11-21H2,(H,23,24)/b10-9-. The van der Waals surface area contributed by atoms with Crippen LogP contribution in [0.2, 0.25) is 0 Å². The third-order valence-corrected chi connectivity index (χ3v) is 4.46. The Labute approximate surface area is 150 Å². The highest BCUT2D eigenvalue weighted by atomic mass is 16.4.